The molecule has 0 bridgehead atoms. The van der Waals surface area contributed by atoms with Gasteiger partial charge in [0.25, 0.3) is 0 Å². The number of fused-ring (bicyclic) bond motifs is 1. The third-order valence-electron chi connectivity index (χ3n) is 3.56. The predicted molar refractivity (Wildman–Crippen MR) is 93.3 cm³/mol. The van der Waals surface area contributed by atoms with Crippen LogP contribution in [0, 0.1) is 0 Å². The molecule has 7 nitrogen and oxygen atoms in total. The lowest BCUT2D eigenvalue weighted by Gasteiger charge is -2.11. The number of carbonyl (C=O) groups is 1. The number of hydrogen-bond donors (Lipinski definition) is 1. The molecular formula is C15H21N3O4S2. The quantitative estimate of drug-likeness (QED) is 0.590. The minimum atomic E-state index is -3.79. The zero-order valence-corrected chi connectivity index (χ0v) is 15.5. The van der Waals surface area contributed by atoms with Gasteiger partial charge < -0.3 is 9.30 Å². The summed E-state index contributed by atoms with van der Waals surface area (Å²) in [6, 6.07) is 4.63. The highest BCUT2D eigenvalue weighted by Gasteiger charge is 2.20. The number of aromatic nitrogens is 2. The van der Waals surface area contributed by atoms with Crippen molar-refractivity contribution in [2.45, 2.75) is 48.5 Å². The largest absolute Gasteiger partial charge is 0.468 e. The first-order chi connectivity index (χ1) is 11.3. The van der Waals surface area contributed by atoms with Gasteiger partial charge in [0, 0.05) is 6.54 Å². The molecule has 1 aromatic heterocycles. The molecule has 0 spiro atoms. The number of rotatable bonds is 7. The van der Waals surface area contributed by atoms with Gasteiger partial charge in [-0.3, -0.25) is 4.79 Å². The van der Waals surface area contributed by atoms with Gasteiger partial charge in [-0.05, 0) is 31.5 Å². The van der Waals surface area contributed by atoms with Crippen LogP contribution in [0.4, 0.5) is 0 Å². The van der Waals surface area contributed by atoms with Crippen LogP contribution in [-0.2, 0) is 26.1 Å². The molecule has 0 fully saturated rings. The second-order valence-corrected chi connectivity index (χ2v) is 8.25. The summed E-state index contributed by atoms with van der Waals surface area (Å²) in [7, 11) is -2.44. The number of benzene rings is 1. The first-order valence-electron chi connectivity index (χ1n) is 7.55. The van der Waals surface area contributed by atoms with E-state index in [9.17, 15) is 13.2 Å². The molecule has 2 N–H and O–H groups in total. The van der Waals surface area contributed by atoms with E-state index in [1.807, 2.05) is 4.57 Å². The molecule has 2 rings (SSSR count). The molecule has 0 aliphatic rings. The van der Waals surface area contributed by atoms with Gasteiger partial charge >= 0.3 is 5.97 Å². The van der Waals surface area contributed by atoms with Crippen LogP contribution in [0.2, 0.25) is 0 Å². The van der Waals surface area contributed by atoms with Gasteiger partial charge in [-0.1, -0.05) is 25.1 Å². The molecule has 0 saturated carbocycles. The molecule has 1 heterocycles. The van der Waals surface area contributed by atoms with E-state index in [0.29, 0.717) is 10.7 Å². The number of sulfonamides is 1. The maximum Gasteiger partial charge on any atom is 0.318 e. The molecule has 24 heavy (non-hydrogen) atoms. The number of hydrogen-bond acceptors (Lipinski definition) is 6. The van der Waals surface area contributed by atoms with E-state index in [2.05, 4.69) is 11.9 Å². The molecule has 9 heteroatoms. The number of primary sulfonamides is 1. The van der Waals surface area contributed by atoms with Gasteiger partial charge in [-0.15, -0.1) is 0 Å². The van der Waals surface area contributed by atoms with Gasteiger partial charge in [0.2, 0.25) is 10.0 Å². The van der Waals surface area contributed by atoms with Gasteiger partial charge in [0.1, 0.15) is 5.25 Å². The molecular weight excluding hydrogens is 350 g/mol. The van der Waals surface area contributed by atoms with Crippen molar-refractivity contribution in [3.8, 4) is 0 Å². The van der Waals surface area contributed by atoms with E-state index >= 15 is 0 Å². The summed E-state index contributed by atoms with van der Waals surface area (Å²) in [6.07, 6.45) is 1.95. The molecule has 0 aliphatic heterocycles. The second kappa shape index (κ2) is 7.54. The second-order valence-electron chi connectivity index (χ2n) is 5.38. The van der Waals surface area contributed by atoms with E-state index in [4.69, 9.17) is 9.88 Å². The molecule has 1 aromatic carbocycles. The van der Waals surface area contributed by atoms with Crippen molar-refractivity contribution in [3.05, 3.63) is 18.2 Å². The van der Waals surface area contributed by atoms with E-state index in [1.165, 1.54) is 31.0 Å². The summed E-state index contributed by atoms with van der Waals surface area (Å²) >= 11 is 1.29. The number of thioether (sulfide) groups is 1. The SMILES string of the molecule is CCCCn1c(SC(C)C(=O)OC)nc2cc(S(N)(=O)=O)ccc21. The zero-order chi connectivity index (χ0) is 17.9. The fourth-order valence-electron chi connectivity index (χ4n) is 2.26. The standard InChI is InChI=1S/C15H21N3O4S2/c1-4-5-8-18-13-7-6-11(24(16,20)21)9-12(13)17-15(18)23-10(2)14(19)22-3/h6-7,9-10H,4-5,8H2,1-3H3,(H2,16,20,21). The zero-order valence-electron chi connectivity index (χ0n) is 13.9. The van der Waals surface area contributed by atoms with Crippen molar-refractivity contribution >= 4 is 38.8 Å². The van der Waals surface area contributed by atoms with E-state index < -0.39 is 15.3 Å². The lowest BCUT2D eigenvalue weighted by Crippen LogP contribution is -2.15. The minimum Gasteiger partial charge on any atom is -0.468 e. The van der Waals surface area contributed by atoms with Crippen LogP contribution in [0.5, 0.6) is 0 Å². The Morgan fingerprint density at radius 3 is 2.75 bits per heavy atom. The predicted octanol–water partition coefficient (Wildman–Crippen LogP) is 2.14. The smallest absolute Gasteiger partial charge is 0.318 e. The molecule has 1 unspecified atom stereocenters. The van der Waals surface area contributed by atoms with Crippen LogP contribution in [-0.4, -0.2) is 36.3 Å². The number of imidazole rings is 1. The van der Waals surface area contributed by atoms with E-state index in [-0.39, 0.29) is 10.9 Å². The van der Waals surface area contributed by atoms with Crippen LogP contribution in [0.15, 0.2) is 28.3 Å². The third kappa shape index (κ3) is 4.08. The third-order valence-corrected chi connectivity index (χ3v) is 5.54. The number of unbranched alkanes of at least 4 members (excludes halogenated alkanes) is 1. The highest BCUT2D eigenvalue weighted by molar-refractivity contribution is 8.00. The average Bonchev–Trinajstić information content (AvgIpc) is 2.87. The molecule has 0 saturated heterocycles. The van der Waals surface area contributed by atoms with Crippen molar-refractivity contribution in [1.29, 1.82) is 0 Å². The van der Waals surface area contributed by atoms with Gasteiger partial charge in [-0.2, -0.15) is 0 Å². The Morgan fingerprint density at radius 1 is 1.46 bits per heavy atom. The Morgan fingerprint density at radius 2 is 2.17 bits per heavy atom. The van der Waals surface area contributed by atoms with Crippen LogP contribution in [0.25, 0.3) is 11.0 Å². The van der Waals surface area contributed by atoms with Crippen molar-refractivity contribution in [2.24, 2.45) is 5.14 Å². The number of ether oxygens (including phenoxy) is 1. The van der Waals surface area contributed by atoms with Crippen LogP contribution < -0.4 is 5.14 Å². The Bertz CT molecular complexity index is 846. The molecule has 0 amide bonds. The van der Waals surface area contributed by atoms with Crippen molar-refractivity contribution < 1.29 is 17.9 Å². The van der Waals surface area contributed by atoms with Gasteiger partial charge in [-0.25, -0.2) is 18.5 Å². The van der Waals surface area contributed by atoms with Crippen LogP contribution >= 0.6 is 11.8 Å². The van der Waals surface area contributed by atoms with Gasteiger partial charge in [0.15, 0.2) is 5.16 Å². The van der Waals surface area contributed by atoms with Gasteiger partial charge in [0.05, 0.1) is 23.0 Å². The summed E-state index contributed by atoms with van der Waals surface area (Å²) in [5.41, 5.74) is 1.35. The fourth-order valence-corrected chi connectivity index (χ4v) is 3.77. The summed E-state index contributed by atoms with van der Waals surface area (Å²) in [6.45, 7) is 4.57. The van der Waals surface area contributed by atoms with Crippen molar-refractivity contribution in [2.75, 3.05) is 7.11 Å². The monoisotopic (exact) mass is 371 g/mol. The van der Waals surface area contributed by atoms with E-state index in [0.717, 1.165) is 24.9 Å². The number of methoxy groups -OCH3 is 1. The Balaban J connectivity index is 2.49. The number of carbonyl (C=O) groups excluding carboxylic acids is 1. The van der Waals surface area contributed by atoms with E-state index in [1.54, 1.807) is 13.0 Å². The van der Waals surface area contributed by atoms with Crippen molar-refractivity contribution in [3.63, 3.8) is 0 Å². The Kier molecular flexibility index (Phi) is 5.89. The summed E-state index contributed by atoms with van der Waals surface area (Å²) in [5.74, 6) is -0.334. The highest BCUT2D eigenvalue weighted by atomic mass is 32.2. The fraction of sp³-hybridized carbons (Fsp3) is 0.467. The maximum absolute atomic E-state index is 11.7. The Hall–Kier alpha value is -1.58. The van der Waals surface area contributed by atoms with Crippen LogP contribution in [0.1, 0.15) is 26.7 Å². The number of nitrogens with zero attached hydrogens (tertiary/aromatic N) is 2. The normalized spacial score (nSPS) is 13.2. The molecule has 132 valence electrons. The van der Waals surface area contributed by atoms with Crippen LogP contribution in [0.3, 0.4) is 0 Å². The molecule has 1 atom stereocenters. The van der Waals surface area contributed by atoms with Crippen molar-refractivity contribution in [1.82, 2.24) is 9.55 Å². The average molecular weight is 371 g/mol. The molecule has 0 aliphatic carbocycles. The number of aryl methyl sites for hydroxylation is 1. The molecule has 2 aromatic rings. The lowest BCUT2D eigenvalue weighted by molar-refractivity contribution is -0.139. The number of esters is 1. The first kappa shape index (κ1) is 18.8. The summed E-state index contributed by atoms with van der Waals surface area (Å²) in [5, 5.41) is 5.43. The molecule has 0 radical (unpaired) electrons. The minimum absolute atomic E-state index is 0.0210. The topological polar surface area (TPSA) is 104 Å². The summed E-state index contributed by atoms with van der Waals surface area (Å²) in [4.78, 5) is 16.2. The first-order valence-corrected chi connectivity index (χ1v) is 9.98. The lowest BCUT2D eigenvalue weighted by atomic mass is 10.3. The summed E-state index contributed by atoms with van der Waals surface area (Å²) < 4.78 is 29.8. The Labute approximate surface area is 145 Å². The highest BCUT2D eigenvalue weighted by Crippen LogP contribution is 2.29. The maximum atomic E-state index is 11.7. The number of nitrogens with two attached hydrogens (primary N) is 1.